The lowest BCUT2D eigenvalue weighted by atomic mass is 9.93. The van der Waals surface area contributed by atoms with Gasteiger partial charge in [-0.3, -0.25) is 9.48 Å². The molecule has 1 aliphatic heterocycles. The van der Waals surface area contributed by atoms with E-state index in [-0.39, 0.29) is 5.91 Å². The van der Waals surface area contributed by atoms with E-state index in [4.69, 9.17) is 9.47 Å². The van der Waals surface area contributed by atoms with Crippen molar-refractivity contribution in [2.24, 2.45) is 13.0 Å². The number of rotatable bonds is 7. The number of aryl methyl sites for hydroxylation is 1. The van der Waals surface area contributed by atoms with Gasteiger partial charge in [-0.1, -0.05) is 32.0 Å². The van der Waals surface area contributed by atoms with E-state index in [1.165, 1.54) is 0 Å². The summed E-state index contributed by atoms with van der Waals surface area (Å²) in [6.07, 6.45) is 2.62. The van der Waals surface area contributed by atoms with E-state index in [0.717, 1.165) is 37.3 Å². The third-order valence-corrected chi connectivity index (χ3v) is 5.27. The van der Waals surface area contributed by atoms with Gasteiger partial charge in [0.25, 0.3) is 5.91 Å². The summed E-state index contributed by atoms with van der Waals surface area (Å²) < 4.78 is 13.5. The fraction of sp³-hybridized carbons (Fsp3) is 0.545. The molecule has 1 aromatic heterocycles. The summed E-state index contributed by atoms with van der Waals surface area (Å²) in [6.45, 7) is 5.96. The highest BCUT2D eigenvalue weighted by Gasteiger charge is 2.39. The molecule has 2 aromatic rings. The molecule has 0 radical (unpaired) electrons. The molecular weight excluding hydrogens is 354 g/mol. The van der Waals surface area contributed by atoms with Gasteiger partial charge < -0.3 is 14.4 Å². The quantitative estimate of drug-likeness (QED) is 0.734. The first kappa shape index (κ1) is 20.4. The van der Waals surface area contributed by atoms with Crippen molar-refractivity contribution in [2.75, 3.05) is 26.8 Å². The lowest BCUT2D eigenvalue weighted by Gasteiger charge is -2.41. The van der Waals surface area contributed by atoms with Gasteiger partial charge in [0.15, 0.2) is 0 Å². The molecule has 1 amide bonds. The number of hydrogen-bond acceptors (Lipinski definition) is 4. The van der Waals surface area contributed by atoms with Crippen LogP contribution in [0.25, 0.3) is 0 Å². The van der Waals surface area contributed by atoms with Crippen molar-refractivity contribution in [1.29, 1.82) is 0 Å². The smallest absolute Gasteiger partial charge is 0.272 e. The van der Waals surface area contributed by atoms with E-state index in [9.17, 15) is 4.79 Å². The minimum Gasteiger partial charge on any atom is -0.491 e. The van der Waals surface area contributed by atoms with Crippen molar-refractivity contribution in [3.8, 4) is 5.75 Å². The highest BCUT2D eigenvalue weighted by Crippen LogP contribution is 2.27. The van der Waals surface area contributed by atoms with E-state index < -0.39 is 5.60 Å². The molecule has 1 fully saturated rings. The first-order valence-electron chi connectivity index (χ1n) is 9.97. The number of piperidine rings is 1. The second-order valence-corrected chi connectivity index (χ2v) is 8.06. The van der Waals surface area contributed by atoms with Crippen LogP contribution in [0.4, 0.5) is 0 Å². The third kappa shape index (κ3) is 4.73. The topological polar surface area (TPSA) is 56.6 Å². The Hall–Kier alpha value is -2.34. The highest BCUT2D eigenvalue weighted by atomic mass is 16.5. The Morgan fingerprint density at radius 3 is 2.71 bits per heavy atom. The van der Waals surface area contributed by atoms with Crippen molar-refractivity contribution in [3.05, 3.63) is 47.8 Å². The van der Waals surface area contributed by atoms with E-state index in [2.05, 4.69) is 18.9 Å². The Morgan fingerprint density at radius 2 is 2.04 bits per heavy atom. The van der Waals surface area contributed by atoms with Gasteiger partial charge in [0.05, 0.1) is 12.2 Å². The molecule has 0 N–H and O–H groups in total. The molecule has 152 valence electrons. The van der Waals surface area contributed by atoms with Gasteiger partial charge >= 0.3 is 0 Å². The summed E-state index contributed by atoms with van der Waals surface area (Å²) in [4.78, 5) is 15.0. The lowest BCUT2D eigenvalue weighted by Crippen LogP contribution is -2.54. The van der Waals surface area contributed by atoms with E-state index in [1.54, 1.807) is 11.8 Å². The Bertz CT molecular complexity index is 788. The summed E-state index contributed by atoms with van der Waals surface area (Å²) in [6, 6.07) is 11.6. The molecule has 6 heteroatoms. The number of hydrogen-bond donors (Lipinski definition) is 0. The van der Waals surface area contributed by atoms with Gasteiger partial charge in [-0.05, 0) is 43.4 Å². The van der Waals surface area contributed by atoms with Crippen LogP contribution in [-0.4, -0.2) is 53.0 Å². The van der Waals surface area contributed by atoms with E-state index >= 15 is 0 Å². The number of carbonyl (C=O) groups is 1. The summed E-state index contributed by atoms with van der Waals surface area (Å²) in [5.41, 5.74) is 1.10. The Balaban J connectivity index is 1.70. The maximum Gasteiger partial charge on any atom is 0.272 e. The number of aromatic nitrogens is 2. The average molecular weight is 386 g/mol. The number of benzene rings is 1. The molecule has 28 heavy (non-hydrogen) atoms. The van der Waals surface area contributed by atoms with Gasteiger partial charge in [-0.2, -0.15) is 5.10 Å². The molecule has 1 aromatic carbocycles. The van der Waals surface area contributed by atoms with Gasteiger partial charge in [-0.25, -0.2) is 0 Å². The zero-order chi connectivity index (χ0) is 20.1. The monoisotopic (exact) mass is 385 g/mol. The normalized spacial score (nSPS) is 19.8. The van der Waals surface area contributed by atoms with Crippen molar-refractivity contribution in [3.63, 3.8) is 0 Å². The SMILES string of the molecule is COC1(COc2ccccc2)CCCN(C(=O)c2cc(CC(C)C)nn2C)C1. The minimum atomic E-state index is -0.497. The molecule has 2 heterocycles. The number of nitrogens with zero attached hydrogens (tertiary/aromatic N) is 3. The average Bonchev–Trinajstić information content (AvgIpc) is 3.06. The maximum absolute atomic E-state index is 13.2. The van der Waals surface area contributed by atoms with Crippen LogP contribution in [0, 0.1) is 5.92 Å². The molecule has 6 nitrogen and oxygen atoms in total. The summed E-state index contributed by atoms with van der Waals surface area (Å²) in [7, 11) is 3.54. The zero-order valence-corrected chi connectivity index (χ0v) is 17.4. The molecule has 0 aliphatic carbocycles. The number of para-hydroxylation sites is 1. The molecule has 1 unspecified atom stereocenters. The Labute approximate surface area is 167 Å². The fourth-order valence-electron chi connectivity index (χ4n) is 3.75. The van der Waals surface area contributed by atoms with Gasteiger partial charge in [0.1, 0.15) is 23.7 Å². The predicted molar refractivity (Wildman–Crippen MR) is 109 cm³/mol. The molecule has 0 bridgehead atoms. The second-order valence-electron chi connectivity index (χ2n) is 8.06. The van der Waals surface area contributed by atoms with Crippen molar-refractivity contribution >= 4 is 5.91 Å². The standard InChI is InChI=1S/C22H31N3O3/c1-17(2)13-18-14-20(24(3)23-18)21(26)25-12-8-11-22(15-25,27-4)16-28-19-9-6-5-7-10-19/h5-7,9-10,14,17H,8,11-13,15-16H2,1-4H3. The predicted octanol–water partition coefficient (Wildman–Crippen LogP) is 3.32. The second kappa shape index (κ2) is 8.78. The number of ether oxygens (including phenoxy) is 2. The van der Waals surface area contributed by atoms with Crippen molar-refractivity contribution in [2.45, 2.75) is 38.7 Å². The first-order chi connectivity index (χ1) is 13.4. The zero-order valence-electron chi connectivity index (χ0n) is 17.4. The molecule has 1 aliphatic rings. The van der Waals surface area contributed by atoms with Crippen LogP contribution in [0.2, 0.25) is 0 Å². The maximum atomic E-state index is 13.2. The fourth-order valence-corrected chi connectivity index (χ4v) is 3.75. The van der Waals surface area contributed by atoms with Crippen LogP contribution in [0.5, 0.6) is 5.75 Å². The summed E-state index contributed by atoms with van der Waals surface area (Å²) >= 11 is 0. The van der Waals surface area contributed by atoms with Crippen LogP contribution >= 0.6 is 0 Å². The Kier molecular flexibility index (Phi) is 6.39. The van der Waals surface area contributed by atoms with Crippen molar-refractivity contribution in [1.82, 2.24) is 14.7 Å². The number of methoxy groups -OCH3 is 1. The molecule has 1 saturated heterocycles. The van der Waals surface area contributed by atoms with Crippen LogP contribution in [0.1, 0.15) is 42.9 Å². The van der Waals surface area contributed by atoms with Crippen LogP contribution in [0.15, 0.2) is 36.4 Å². The Morgan fingerprint density at radius 1 is 1.29 bits per heavy atom. The third-order valence-electron chi connectivity index (χ3n) is 5.27. The largest absolute Gasteiger partial charge is 0.491 e. The summed E-state index contributed by atoms with van der Waals surface area (Å²) in [5, 5.41) is 4.51. The minimum absolute atomic E-state index is 0.00541. The number of carbonyl (C=O) groups excluding carboxylic acids is 1. The van der Waals surface area contributed by atoms with Crippen LogP contribution in [-0.2, 0) is 18.2 Å². The molecule has 3 rings (SSSR count). The van der Waals surface area contributed by atoms with Crippen LogP contribution < -0.4 is 4.74 Å². The number of likely N-dealkylation sites (tertiary alicyclic amines) is 1. The molecule has 0 spiro atoms. The van der Waals surface area contributed by atoms with Gasteiger partial charge in [-0.15, -0.1) is 0 Å². The summed E-state index contributed by atoms with van der Waals surface area (Å²) in [5.74, 6) is 1.32. The van der Waals surface area contributed by atoms with E-state index in [0.29, 0.717) is 24.8 Å². The highest BCUT2D eigenvalue weighted by molar-refractivity contribution is 5.92. The van der Waals surface area contributed by atoms with E-state index in [1.807, 2.05) is 48.3 Å². The van der Waals surface area contributed by atoms with Gasteiger partial charge in [0.2, 0.25) is 0 Å². The first-order valence-corrected chi connectivity index (χ1v) is 9.97. The van der Waals surface area contributed by atoms with Crippen molar-refractivity contribution < 1.29 is 14.3 Å². The van der Waals surface area contributed by atoms with Crippen LogP contribution in [0.3, 0.4) is 0 Å². The molecule has 1 atom stereocenters. The number of amides is 1. The van der Waals surface area contributed by atoms with Gasteiger partial charge in [0, 0.05) is 20.7 Å². The lowest BCUT2D eigenvalue weighted by molar-refractivity contribution is -0.0826. The molecule has 0 saturated carbocycles. The molecular formula is C22H31N3O3.